The fourth-order valence-electron chi connectivity index (χ4n) is 2.26. The SMILES string of the molecule is COCCOCCOCCOCC(O)C1CCCC1. The number of methoxy groups -OCH3 is 1. The third kappa shape index (κ3) is 8.55. The van der Waals surface area contributed by atoms with Crippen molar-refractivity contribution in [2.75, 3.05) is 53.4 Å². The molecule has 114 valence electrons. The topological polar surface area (TPSA) is 57.2 Å². The smallest absolute Gasteiger partial charge is 0.0801 e. The summed E-state index contributed by atoms with van der Waals surface area (Å²) < 4.78 is 20.9. The lowest BCUT2D eigenvalue weighted by atomic mass is 10.0. The van der Waals surface area contributed by atoms with Gasteiger partial charge in [0.05, 0.1) is 52.4 Å². The molecular weight excluding hydrogens is 248 g/mol. The average molecular weight is 276 g/mol. The Bertz CT molecular complexity index is 194. The number of aliphatic hydroxyl groups excluding tert-OH is 1. The van der Waals surface area contributed by atoms with E-state index in [1.807, 2.05) is 0 Å². The summed E-state index contributed by atoms with van der Waals surface area (Å²) in [6.07, 6.45) is 4.46. The summed E-state index contributed by atoms with van der Waals surface area (Å²) in [4.78, 5) is 0. The fourth-order valence-corrected chi connectivity index (χ4v) is 2.26. The molecule has 0 aromatic heterocycles. The molecule has 1 fully saturated rings. The van der Waals surface area contributed by atoms with Crippen molar-refractivity contribution in [3.63, 3.8) is 0 Å². The van der Waals surface area contributed by atoms with E-state index in [1.165, 1.54) is 12.8 Å². The third-order valence-corrected chi connectivity index (χ3v) is 3.41. The third-order valence-electron chi connectivity index (χ3n) is 3.41. The molecule has 19 heavy (non-hydrogen) atoms. The van der Waals surface area contributed by atoms with E-state index in [-0.39, 0.29) is 6.10 Å². The van der Waals surface area contributed by atoms with Gasteiger partial charge in [-0.25, -0.2) is 0 Å². The zero-order valence-electron chi connectivity index (χ0n) is 12.0. The monoisotopic (exact) mass is 276 g/mol. The molecule has 0 aromatic carbocycles. The minimum absolute atomic E-state index is 0.306. The van der Waals surface area contributed by atoms with E-state index < -0.39 is 0 Å². The summed E-state index contributed by atoms with van der Waals surface area (Å²) in [5, 5.41) is 9.87. The van der Waals surface area contributed by atoms with Crippen LogP contribution in [0.1, 0.15) is 25.7 Å². The molecule has 0 radical (unpaired) electrons. The number of aliphatic hydroxyl groups is 1. The molecule has 5 nitrogen and oxygen atoms in total. The van der Waals surface area contributed by atoms with Crippen molar-refractivity contribution >= 4 is 0 Å². The van der Waals surface area contributed by atoms with Gasteiger partial charge in [-0.05, 0) is 18.8 Å². The van der Waals surface area contributed by atoms with Gasteiger partial charge >= 0.3 is 0 Å². The van der Waals surface area contributed by atoms with Crippen molar-refractivity contribution < 1.29 is 24.1 Å². The maximum absolute atomic E-state index is 9.87. The van der Waals surface area contributed by atoms with Crippen molar-refractivity contribution in [3.05, 3.63) is 0 Å². The molecule has 1 atom stereocenters. The second-order valence-corrected chi connectivity index (χ2v) is 4.90. The van der Waals surface area contributed by atoms with Crippen LogP contribution in [0.5, 0.6) is 0 Å². The summed E-state index contributed by atoms with van der Waals surface area (Å²) in [5.41, 5.74) is 0. The van der Waals surface area contributed by atoms with Crippen LogP contribution in [-0.4, -0.2) is 64.6 Å². The maximum atomic E-state index is 9.87. The Balaban J connectivity index is 1.78. The second-order valence-electron chi connectivity index (χ2n) is 4.90. The fraction of sp³-hybridized carbons (Fsp3) is 1.00. The highest BCUT2D eigenvalue weighted by Gasteiger charge is 2.22. The van der Waals surface area contributed by atoms with Gasteiger partial charge in [0, 0.05) is 7.11 Å². The van der Waals surface area contributed by atoms with E-state index in [0.29, 0.717) is 52.2 Å². The first-order valence-corrected chi connectivity index (χ1v) is 7.25. The highest BCUT2D eigenvalue weighted by molar-refractivity contribution is 4.74. The first-order valence-electron chi connectivity index (χ1n) is 7.25. The minimum Gasteiger partial charge on any atom is -0.390 e. The first-order chi connectivity index (χ1) is 9.34. The minimum atomic E-state index is -0.306. The summed E-state index contributed by atoms with van der Waals surface area (Å²) in [7, 11) is 1.65. The molecule has 1 rings (SSSR count). The van der Waals surface area contributed by atoms with Crippen LogP contribution in [0, 0.1) is 5.92 Å². The number of rotatable bonds is 12. The summed E-state index contributed by atoms with van der Waals surface area (Å²) >= 11 is 0. The van der Waals surface area contributed by atoms with Crippen LogP contribution >= 0.6 is 0 Å². The van der Waals surface area contributed by atoms with E-state index >= 15 is 0 Å². The highest BCUT2D eigenvalue weighted by Crippen LogP contribution is 2.27. The van der Waals surface area contributed by atoms with Crippen LogP contribution < -0.4 is 0 Å². The van der Waals surface area contributed by atoms with Crippen LogP contribution in [-0.2, 0) is 18.9 Å². The molecule has 1 aliphatic carbocycles. The molecule has 0 aromatic rings. The lowest BCUT2D eigenvalue weighted by molar-refractivity contribution is -0.0264. The predicted molar refractivity (Wildman–Crippen MR) is 72.3 cm³/mol. The van der Waals surface area contributed by atoms with Crippen molar-refractivity contribution in [3.8, 4) is 0 Å². The van der Waals surface area contributed by atoms with Crippen LogP contribution in [0.3, 0.4) is 0 Å². The molecule has 1 aliphatic rings. The highest BCUT2D eigenvalue weighted by atomic mass is 16.6. The lowest BCUT2D eigenvalue weighted by Crippen LogP contribution is -2.24. The van der Waals surface area contributed by atoms with Crippen molar-refractivity contribution in [2.24, 2.45) is 5.92 Å². The van der Waals surface area contributed by atoms with Gasteiger partial charge in [-0.1, -0.05) is 12.8 Å². The zero-order valence-corrected chi connectivity index (χ0v) is 12.0. The Morgan fingerprint density at radius 3 is 2.00 bits per heavy atom. The van der Waals surface area contributed by atoms with E-state index in [1.54, 1.807) is 7.11 Å². The summed E-state index contributed by atoms with van der Waals surface area (Å²) in [6, 6.07) is 0. The number of hydrogen-bond acceptors (Lipinski definition) is 5. The quantitative estimate of drug-likeness (QED) is 0.543. The van der Waals surface area contributed by atoms with Crippen molar-refractivity contribution in [1.82, 2.24) is 0 Å². The molecule has 0 heterocycles. The van der Waals surface area contributed by atoms with E-state index in [4.69, 9.17) is 18.9 Å². The van der Waals surface area contributed by atoms with Crippen LogP contribution in [0.15, 0.2) is 0 Å². The van der Waals surface area contributed by atoms with Crippen LogP contribution in [0.25, 0.3) is 0 Å². The first kappa shape index (κ1) is 16.9. The molecule has 5 heteroatoms. The Morgan fingerprint density at radius 1 is 0.895 bits per heavy atom. The van der Waals surface area contributed by atoms with Gasteiger partial charge in [0.1, 0.15) is 0 Å². The zero-order chi connectivity index (χ0) is 13.8. The maximum Gasteiger partial charge on any atom is 0.0801 e. The average Bonchev–Trinajstić information content (AvgIpc) is 2.95. The molecule has 0 saturated heterocycles. The van der Waals surface area contributed by atoms with Crippen LogP contribution in [0.2, 0.25) is 0 Å². The molecule has 0 aliphatic heterocycles. The van der Waals surface area contributed by atoms with E-state index in [0.717, 1.165) is 12.8 Å². The standard InChI is InChI=1S/C14H28O5/c1-16-6-7-17-8-9-18-10-11-19-12-14(15)13-4-2-3-5-13/h13-15H,2-12H2,1H3. The lowest BCUT2D eigenvalue weighted by Gasteiger charge is -2.17. The molecule has 1 unspecified atom stereocenters. The molecule has 0 amide bonds. The van der Waals surface area contributed by atoms with Gasteiger partial charge in [0.25, 0.3) is 0 Å². The van der Waals surface area contributed by atoms with Gasteiger partial charge in [-0.2, -0.15) is 0 Å². The second kappa shape index (κ2) is 11.6. The Kier molecular flexibility index (Phi) is 10.3. The number of ether oxygens (including phenoxy) is 4. The molecule has 1 N–H and O–H groups in total. The van der Waals surface area contributed by atoms with Gasteiger partial charge < -0.3 is 24.1 Å². The molecular formula is C14H28O5. The van der Waals surface area contributed by atoms with Crippen LogP contribution in [0.4, 0.5) is 0 Å². The Morgan fingerprint density at radius 2 is 1.42 bits per heavy atom. The van der Waals surface area contributed by atoms with Gasteiger partial charge in [-0.15, -0.1) is 0 Å². The summed E-state index contributed by atoms with van der Waals surface area (Å²) in [5.74, 6) is 0.440. The Hall–Kier alpha value is -0.200. The van der Waals surface area contributed by atoms with Gasteiger partial charge in [0.15, 0.2) is 0 Å². The Labute approximate surface area is 116 Å². The molecule has 0 bridgehead atoms. The normalized spacial score (nSPS) is 18.0. The molecule has 0 spiro atoms. The van der Waals surface area contributed by atoms with E-state index in [2.05, 4.69) is 0 Å². The van der Waals surface area contributed by atoms with E-state index in [9.17, 15) is 5.11 Å². The van der Waals surface area contributed by atoms with Crippen molar-refractivity contribution in [2.45, 2.75) is 31.8 Å². The van der Waals surface area contributed by atoms with Gasteiger partial charge in [0.2, 0.25) is 0 Å². The largest absolute Gasteiger partial charge is 0.390 e. The molecule has 1 saturated carbocycles. The van der Waals surface area contributed by atoms with Crippen molar-refractivity contribution in [1.29, 1.82) is 0 Å². The summed E-state index contributed by atoms with van der Waals surface area (Å²) in [6.45, 7) is 3.86. The van der Waals surface area contributed by atoms with Gasteiger partial charge in [-0.3, -0.25) is 0 Å². The predicted octanol–water partition coefficient (Wildman–Crippen LogP) is 1.23. The number of hydrogen-bond donors (Lipinski definition) is 1.